The molecule has 4 fully saturated rings. The minimum Gasteiger partial charge on any atom is -0.298 e. The van der Waals surface area contributed by atoms with Crippen molar-refractivity contribution in [3.8, 4) is 0 Å². The van der Waals surface area contributed by atoms with Crippen LogP contribution in [-0.4, -0.2) is 21.2 Å². The third-order valence-electron chi connectivity index (χ3n) is 5.55. The molecule has 4 saturated carbocycles. The SMILES string of the molecule is C[C@H](Sc1nncs1)C(=O)C12CC3CC(CC(C3)C1)C2. The number of aromatic nitrogens is 2. The minimum atomic E-state index is 0.0197. The summed E-state index contributed by atoms with van der Waals surface area (Å²) in [6.45, 7) is 2.06. The Morgan fingerprint density at radius 2 is 1.90 bits per heavy atom. The summed E-state index contributed by atoms with van der Waals surface area (Å²) < 4.78 is 0.926. The topological polar surface area (TPSA) is 42.9 Å². The molecule has 4 aliphatic rings. The average Bonchev–Trinajstić information content (AvgIpc) is 2.89. The fourth-order valence-electron chi connectivity index (χ4n) is 5.26. The zero-order valence-corrected chi connectivity index (χ0v) is 13.4. The fourth-order valence-corrected chi connectivity index (χ4v) is 7.08. The van der Waals surface area contributed by atoms with Gasteiger partial charge < -0.3 is 0 Å². The maximum atomic E-state index is 13.1. The lowest BCUT2D eigenvalue weighted by molar-refractivity contribution is -0.142. The van der Waals surface area contributed by atoms with Crippen molar-refractivity contribution in [3.63, 3.8) is 0 Å². The second-order valence-corrected chi connectivity index (χ2v) is 9.45. The van der Waals surface area contributed by atoms with Gasteiger partial charge in [0.2, 0.25) is 0 Å². The number of carbonyl (C=O) groups excluding carboxylic acids is 1. The van der Waals surface area contributed by atoms with Crippen LogP contribution in [0.15, 0.2) is 9.85 Å². The number of nitrogens with zero attached hydrogens (tertiary/aromatic N) is 2. The number of rotatable bonds is 4. The van der Waals surface area contributed by atoms with Gasteiger partial charge in [-0.25, -0.2) is 0 Å². The predicted octanol–water partition coefficient (Wildman–Crippen LogP) is 3.80. The molecule has 0 N–H and O–H groups in total. The van der Waals surface area contributed by atoms with Gasteiger partial charge in [-0.1, -0.05) is 23.1 Å². The molecule has 20 heavy (non-hydrogen) atoms. The quantitative estimate of drug-likeness (QED) is 0.793. The predicted molar refractivity (Wildman–Crippen MR) is 80.8 cm³/mol. The van der Waals surface area contributed by atoms with E-state index in [9.17, 15) is 4.79 Å². The molecule has 1 heterocycles. The maximum Gasteiger partial charge on any atom is 0.174 e. The highest BCUT2D eigenvalue weighted by molar-refractivity contribution is 8.02. The second kappa shape index (κ2) is 4.80. The summed E-state index contributed by atoms with van der Waals surface area (Å²) in [5, 5.41) is 7.95. The number of ketones is 1. The number of carbonyl (C=O) groups is 1. The van der Waals surface area contributed by atoms with Gasteiger partial charge in [-0.05, 0) is 63.2 Å². The standard InChI is InChI=1S/C15H20N2OS2/c1-9(20-14-17-16-8-19-14)13(18)15-5-10-2-11(6-15)4-12(3-10)7-15/h8-12H,2-7H2,1H3/t9-,10?,11?,12?,15?/m0/s1. The van der Waals surface area contributed by atoms with E-state index in [1.54, 1.807) is 17.3 Å². The number of thioether (sulfide) groups is 1. The summed E-state index contributed by atoms with van der Waals surface area (Å²) in [4.78, 5) is 13.1. The van der Waals surface area contributed by atoms with E-state index >= 15 is 0 Å². The van der Waals surface area contributed by atoms with Gasteiger partial charge in [0, 0.05) is 5.41 Å². The van der Waals surface area contributed by atoms with Gasteiger partial charge in [0.25, 0.3) is 0 Å². The maximum absolute atomic E-state index is 13.1. The van der Waals surface area contributed by atoms with Crippen molar-refractivity contribution in [1.29, 1.82) is 0 Å². The van der Waals surface area contributed by atoms with E-state index < -0.39 is 0 Å². The molecule has 5 heteroatoms. The van der Waals surface area contributed by atoms with Crippen LogP contribution in [-0.2, 0) is 4.79 Å². The Hall–Kier alpha value is -0.420. The summed E-state index contributed by atoms with van der Waals surface area (Å²) in [5.41, 5.74) is 1.76. The first-order valence-electron chi connectivity index (χ1n) is 7.62. The summed E-state index contributed by atoms with van der Waals surface area (Å²) in [5.74, 6) is 3.01. The molecule has 1 aromatic heterocycles. The van der Waals surface area contributed by atoms with Crippen molar-refractivity contribution >= 4 is 28.9 Å². The Kier molecular flexibility index (Phi) is 3.18. The zero-order valence-electron chi connectivity index (χ0n) is 11.7. The van der Waals surface area contributed by atoms with Crippen LogP contribution in [0, 0.1) is 23.2 Å². The molecular weight excluding hydrogens is 288 g/mol. The molecule has 0 aromatic carbocycles. The summed E-state index contributed by atoms with van der Waals surface area (Å²) in [7, 11) is 0. The van der Waals surface area contributed by atoms with Gasteiger partial charge >= 0.3 is 0 Å². The van der Waals surface area contributed by atoms with Crippen LogP contribution in [0.4, 0.5) is 0 Å². The van der Waals surface area contributed by atoms with Crippen molar-refractivity contribution < 1.29 is 4.79 Å². The molecular formula is C15H20N2OS2. The highest BCUT2D eigenvalue weighted by Crippen LogP contribution is 2.61. The molecule has 1 atom stereocenters. The van der Waals surface area contributed by atoms with Crippen LogP contribution in [0.5, 0.6) is 0 Å². The summed E-state index contributed by atoms with van der Waals surface area (Å²) in [6, 6.07) is 0. The first-order valence-corrected chi connectivity index (χ1v) is 9.38. The van der Waals surface area contributed by atoms with Gasteiger partial charge in [0.1, 0.15) is 5.51 Å². The van der Waals surface area contributed by atoms with E-state index in [2.05, 4.69) is 17.1 Å². The summed E-state index contributed by atoms with van der Waals surface area (Å²) >= 11 is 3.14. The van der Waals surface area contributed by atoms with E-state index in [1.807, 2.05) is 0 Å². The van der Waals surface area contributed by atoms with Gasteiger partial charge in [-0.15, -0.1) is 10.2 Å². The van der Waals surface area contributed by atoms with E-state index in [0.29, 0.717) is 5.78 Å². The van der Waals surface area contributed by atoms with Crippen LogP contribution >= 0.6 is 23.1 Å². The third kappa shape index (κ3) is 2.13. The molecule has 0 radical (unpaired) electrons. The van der Waals surface area contributed by atoms with Crippen LogP contribution in [0.2, 0.25) is 0 Å². The molecule has 5 rings (SSSR count). The van der Waals surface area contributed by atoms with Gasteiger partial charge in [-0.3, -0.25) is 4.79 Å². The molecule has 0 unspecified atom stereocenters. The first-order chi connectivity index (χ1) is 9.64. The second-order valence-electron chi connectivity index (χ2n) is 7.03. The molecule has 108 valence electrons. The van der Waals surface area contributed by atoms with Crippen molar-refractivity contribution in [2.45, 2.75) is 55.0 Å². The number of hydrogen-bond donors (Lipinski definition) is 0. The molecule has 0 aliphatic heterocycles. The van der Waals surface area contributed by atoms with Gasteiger partial charge in [0.15, 0.2) is 10.1 Å². The van der Waals surface area contributed by atoms with Crippen LogP contribution in [0.3, 0.4) is 0 Å². The van der Waals surface area contributed by atoms with Crippen molar-refractivity contribution in [3.05, 3.63) is 5.51 Å². The Bertz CT molecular complexity index is 479. The molecule has 4 bridgehead atoms. The lowest BCUT2D eigenvalue weighted by Gasteiger charge is -2.56. The lowest BCUT2D eigenvalue weighted by Crippen LogP contribution is -2.51. The number of Topliss-reactive ketones (excluding diaryl/α,β-unsaturated/α-hetero) is 1. The average molecular weight is 308 g/mol. The van der Waals surface area contributed by atoms with E-state index in [-0.39, 0.29) is 10.7 Å². The first kappa shape index (κ1) is 13.3. The van der Waals surface area contributed by atoms with Crippen molar-refractivity contribution in [1.82, 2.24) is 10.2 Å². The van der Waals surface area contributed by atoms with E-state index in [4.69, 9.17) is 0 Å². The summed E-state index contributed by atoms with van der Waals surface area (Å²) in [6.07, 6.45) is 7.68. The Morgan fingerprint density at radius 3 is 2.40 bits per heavy atom. The Labute approximate surface area is 127 Å². The minimum absolute atomic E-state index is 0.0197. The highest BCUT2D eigenvalue weighted by atomic mass is 32.2. The molecule has 3 nitrogen and oxygen atoms in total. The van der Waals surface area contributed by atoms with Crippen LogP contribution in [0.25, 0.3) is 0 Å². The lowest BCUT2D eigenvalue weighted by atomic mass is 9.48. The van der Waals surface area contributed by atoms with E-state index in [1.165, 1.54) is 49.9 Å². The molecule has 0 amide bonds. The molecule has 0 spiro atoms. The smallest absolute Gasteiger partial charge is 0.174 e. The largest absolute Gasteiger partial charge is 0.298 e. The molecule has 0 saturated heterocycles. The highest BCUT2D eigenvalue weighted by Gasteiger charge is 2.55. The van der Waals surface area contributed by atoms with E-state index in [0.717, 1.165) is 22.1 Å². The molecule has 4 aliphatic carbocycles. The normalized spacial score (nSPS) is 40.0. The van der Waals surface area contributed by atoms with Crippen LogP contribution < -0.4 is 0 Å². The van der Waals surface area contributed by atoms with Gasteiger partial charge in [0.05, 0.1) is 5.25 Å². The van der Waals surface area contributed by atoms with Crippen LogP contribution in [0.1, 0.15) is 45.4 Å². The zero-order chi connectivity index (χ0) is 13.7. The fraction of sp³-hybridized carbons (Fsp3) is 0.800. The third-order valence-corrected chi connectivity index (χ3v) is 7.46. The van der Waals surface area contributed by atoms with Crippen molar-refractivity contribution in [2.24, 2.45) is 23.2 Å². The monoisotopic (exact) mass is 308 g/mol. The number of hydrogen-bond acceptors (Lipinski definition) is 5. The van der Waals surface area contributed by atoms with Crippen molar-refractivity contribution in [2.75, 3.05) is 0 Å². The Morgan fingerprint density at radius 1 is 1.30 bits per heavy atom. The Balaban J connectivity index is 1.53. The molecule has 1 aromatic rings. The van der Waals surface area contributed by atoms with Gasteiger partial charge in [-0.2, -0.15) is 0 Å².